The van der Waals surface area contributed by atoms with Crippen LogP contribution in [0.1, 0.15) is 93.1 Å². The SMILES string of the molecule is CCc1ccccc1-c1cc2ccc(OCCCC(O)C(O)CCCOC(=O)C(C)(CC(C)(C)C)C(C)(C)C)cc2s1. The molecule has 0 spiro atoms. The van der Waals surface area contributed by atoms with Gasteiger partial charge >= 0.3 is 5.97 Å². The van der Waals surface area contributed by atoms with E-state index in [4.69, 9.17) is 9.47 Å². The fourth-order valence-corrected chi connectivity index (χ4v) is 6.64. The van der Waals surface area contributed by atoms with Gasteiger partial charge in [0.2, 0.25) is 0 Å². The molecule has 0 aliphatic carbocycles. The Hall–Kier alpha value is -2.41. The molecule has 0 fully saturated rings. The van der Waals surface area contributed by atoms with Crippen LogP contribution in [0.3, 0.4) is 0 Å². The monoisotopic (exact) mass is 596 g/mol. The Kier molecular flexibility index (Phi) is 11.7. The van der Waals surface area contributed by atoms with Gasteiger partial charge in [0.1, 0.15) is 5.75 Å². The van der Waals surface area contributed by atoms with Crippen LogP contribution in [-0.2, 0) is 16.0 Å². The maximum Gasteiger partial charge on any atom is 0.312 e. The summed E-state index contributed by atoms with van der Waals surface area (Å²) < 4.78 is 12.8. The summed E-state index contributed by atoms with van der Waals surface area (Å²) in [4.78, 5) is 14.3. The highest BCUT2D eigenvalue weighted by Gasteiger charge is 2.47. The third kappa shape index (κ3) is 9.05. The first-order chi connectivity index (χ1) is 19.6. The Morgan fingerprint density at radius 1 is 0.881 bits per heavy atom. The molecule has 42 heavy (non-hydrogen) atoms. The van der Waals surface area contributed by atoms with Crippen molar-refractivity contribution in [2.45, 2.75) is 106 Å². The Morgan fingerprint density at radius 3 is 2.14 bits per heavy atom. The van der Waals surface area contributed by atoms with E-state index in [1.165, 1.54) is 26.1 Å². The minimum Gasteiger partial charge on any atom is -0.494 e. The molecule has 3 rings (SSSR count). The Morgan fingerprint density at radius 2 is 1.52 bits per heavy atom. The molecule has 6 heteroatoms. The summed E-state index contributed by atoms with van der Waals surface area (Å²) >= 11 is 1.77. The summed E-state index contributed by atoms with van der Waals surface area (Å²) in [6, 6.07) is 17.0. The van der Waals surface area contributed by atoms with Gasteiger partial charge < -0.3 is 19.7 Å². The standard InChI is InChI=1S/C36H52O5S/c1-9-25-14-10-11-15-28(25)32-22-26-18-19-27(23-31(26)42-32)40-20-12-16-29(37)30(38)17-13-21-41-33(39)36(8,35(5,6)7)24-34(2,3)4/h10-11,14-15,18-19,22-23,29-30,37-38H,9,12-13,16-17,20-21,24H2,1-8H3. The van der Waals surface area contributed by atoms with Crippen molar-refractivity contribution in [2.24, 2.45) is 16.2 Å². The van der Waals surface area contributed by atoms with Gasteiger partial charge in [0.15, 0.2) is 0 Å². The third-order valence-corrected chi connectivity index (χ3v) is 9.51. The summed E-state index contributed by atoms with van der Waals surface area (Å²) in [5.74, 6) is 0.616. The topological polar surface area (TPSA) is 76.0 Å². The van der Waals surface area contributed by atoms with E-state index in [-0.39, 0.29) is 23.4 Å². The molecule has 0 aliphatic heterocycles. The number of benzene rings is 2. The summed E-state index contributed by atoms with van der Waals surface area (Å²) in [7, 11) is 0. The van der Waals surface area contributed by atoms with Crippen molar-refractivity contribution in [1.29, 1.82) is 0 Å². The Balaban J connectivity index is 1.41. The number of carbonyl (C=O) groups is 1. The van der Waals surface area contributed by atoms with E-state index in [0.717, 1.165) is 18.6 Å². The minimum atomic E-state index is -0.862. The number of fused-ring (bicyclic) bond motifs is 1. The van der Waals surface area contributed by atoms with E-state index in [1.54, 1.807) is 11.3 Å². The lowest BCUT2D eigenvalue weighted by Crippen LogP contribution is -2.44. The first kappa shape index (κ1) is 34.1. The second-order valence-electron chi connectivity index (χ2n) is 14.0. The quantitative estimate of drug-likeness (QED) is 0.144. The van der Waals surface area contributed by atoms with Crippen molar-refractivity contribution in [2.75, 3.05) is 13.2 Å². The minimum absolute atomic E-state index is 0.00745. The average Bonchev–Trinajstić information content (AvgIpc) is 3.34. The number of aliphatic hydroxyl groups is 2. The molecule has 0 bridgehead atoms. The van der Waals surface area contributed by atoms with E-state index < -0.39 is 17.6 Å². The first-order valence-electron chi connectivity index (χ1n) is 15.4. The normalized spacial score (nSPS) is 15.3. The van der Waals surface area contributed by atoms with E-state index in [2.05, 4.69) is 90.9 Å². The van der Waals surface area contributed by atoms with E-state index in [0.29, 0.717) is 32.3 Å². The van der Waals surface area contributed by atoms with E-state index in [9.17, 15) is 15.0 Å². The van der Waals surface area contributed by atoms with Crippen molar-refractivity contribution in [3.05, 3.63) is 54.1 Å². The molecule has 0 aliphatic rings. The molecule has 0 saturated carbocycles. The number of carbonyl (C=O) groups excluding carboxylic acids is 1. The van der Waals surface area contributed by atoms with Crippen molar-refractivity contribution in [3.63, 3.8) is 0 Å². The summed E-state index contributed by atoms with van der Waals surface area (Å²) in [6.07, 6.45) is 1.96. The number of ether oxygens (including phenoxy) is 2. The fraction of sp³-hybridized carbons (Fsp3) is 0.583. The van der Waals surface area contributed by atoms with Gasteiger partial charge in [0, 0.05) is 9.58 Å². The number of esters is 1. The molecule has 2 aromatic carbocycles. The molecule has 232 valence electrons. The molecule has 0 saturated heterocycles. The summed E-state index contributed by atoms with van der Waals surface area (Å²) in [5, 5.41) is 22.1. The van der Waals surface area contributed by atoms with Gasteiger partial charge in [-0.15, -0.1) is 11.3 Å². The van der Waals surface area contributed by atoms with Crippen LogP contribution in [0.4, 0.5) is 0 Å². The molecule has 3 aromatic rings. The second kappa shape index (κ2) is 14.4. The highest BCUT2D eigenvalue weighted by atomic mass is 32.1. The van der Waals surface area contributed by atoms with Gasteiger partial charge in [-0.25, -0.2) is 0 Å². The Bertz CT molecular complexity index is 1300. The number of aryl methyl sites for hydroxylation is 1. The fourth-order valence-electron chi connectivity index (χ4n) is 5.49. The van der Waals surface area contributed by atoms with Crippen LogP contribution in [0.5, 0.6) is 5.75 Å². The molecule has 1 heterocycles. The van der Waals surface area contributed by atoms with Crippen LogP contribution in [-0.4, -0.2) is 41.6 Å². The molecule has 3 atom stereocenters. The largest absolute Gasteiger partial charge is 0.494 e. The van der Waals surface area contributed by atoms with Gasteiger partial charge in [0.05, 0.1) is 30.8 Å². The van der Waals surface area contributed by atoms with Crippen molar-refractivity contribution < 1.29 is 24.5 Å². The number of aliphatic hydroxyl groups excluding tert-OH is 2. The number of thiophene rings is 1. The lowest BCUT2D eigenvalue weighted by molar-refractivity contribution is -0.165. The highest BCUT2D eigenvalue weighted by molar-refractivity contribution is 7.22. The van der Waals surface area contributed by atoms with Gasteiger partial charge in [-0.05, 0) is 97.1 Å². The van der Waals surface area contributed by atoms with Crippen molar-refractivity contribution in [1.82, 2.24) is 0 Å². The van der Waals surface area contributed by atoms with Crippen molar-refractivity contribution in [3.8, 4) is 16.2 Å². The van der Waals surface area contributed by atoms with Crippen LogP contribution in [0.25, 0.3) is 20.5 Å². The highest BCUT2D eigenvalue weighted by Crippen LogP contribution is 2.47. The number of hydrogen-bond donors (Lipinski definition) is 2. The van der Waals surface area contributed by atoms with Gasteiger partial charge in [-0.3, -0.25) is 4.79 Å². The number of hydrogen-bond acceptors (Lipinski definition) is 6. The first-order valence-corrected chi connectivity index (χ1v) is 16.2. The molecule has 5 nitrogen and oxygen atoms in total. The third-order valence-electron chi connectivity index (χ3n) is 8.38. The Labute approximate surface area is 257 Å². The van der Waals surface area contributed by atoms with Crippen LogP contribution in [0.2, 0.25) is 0 Å². The van der Waals surface area contributed by atoms with Gasteiger partial charge in [-0.2, -0.15) is 0 Å². The lowest BCUT2D eigenvalue weighted by atomic mass is 9.61. The maximum atomic E-state index is 13.1. The number of rotatable bonds is 14. The average molecular weight is 597 g/mol. The van der Waals surface area contributed by atoms with Crippen LogP contribution in [0.15, 0.2) is 48.5 Å². The molecule has 2 N–H and O–H groups in total. The van der Waals surface area contributed by atoms with Crippen LogP contribution < -0.4 is 4.74 Å². The predicted octanol–water partition coefficient (Wildman–Crippen LogP) is 8.82. The smallest absolute Gasteiger partial charge is 0.312 e. The zero-order valence-electron chi connectivity index (χ0n) is 27.0. The molecule has 0 amide bonds. The van der Waals surface area contributed by atoms with Crippen LogP contribution in [0, 0.1) is 16.2 Å². The molecular weight excluding hydrogens is 544 g/mol. The lowest BCUT2D eigenvalue weighted by Gasteiger charge is -2.43. The van der Waals surface area contributed by atoms with Gasteiger partial charge in [0.25, 0.3) is 0 Å². The summed E-state index contributed by atoms with van der Waals surface area (Å²) in [6.45, 7) is 17.5. The molecular formula is C36H52O5S. The molecule has 3 unspecified atom stereocenters. The zero-order valence-corrected chi connectivity index (χ0v) is 27.8. The van der Waals surface area contributed by atoms with E-state index in [1.807, 2.05) is 13.0 Å². The van der Waals surface area contributed by atoms with Crippen LogP contribution >= 0.6 is 11.3 Å². The van der Waals surface area contributed by atoms with Crippen molar-refractivity contribution >= 4 is 27.4 Å². The second-order valence-corrected chi connectivity index (χ2v) is 15.1. The van der Waals surface area contributed by atoms with E-state index >= 15 is 0 Å². The summed E-state index contributed by atoms with van der Waals surface area (Å²) in [5.41, 5.74) is 1.78. The molecule has 0 radical (unpaired) electrons. The molecule has 1 aromatic heterocycles. The predicted molar refractivity (Wildman–Crippen MR) is 175 cm³/mol. The van der Waals surface area contributed by atoms with Gasteiger partial charge in [-0.1, -0.05) is 72.7 Å². The maximum absolute atomic E-state index is 13.1. The zero-order chi connectivity index (χ0) is 31.1.